The van der Waals surface area contributed by atoms with Crippen molar-refractivity contribution in [2.24, 2.45) is 0 Å². The second-order valence-electron chi connectivity index (χ2n) is 4.40. The highest BCUT2D eigenvalue weighted by Crippen LogP contribution is 2.22. The van der Waals surface area contributed by atoms with E-state index < -0.39 is 4.93 Å². The van der Waals surface area contributed by atoms with Crippen LogP contribution >= 0.6 is 23.4 Å². The number of hydrogen-bond donors (Lipinski definition) is 2. The third-order valence-electron chi connectivity index (χ3n) is 2.16. The van der Waals surface area contributed by atoms with Gasteiger partial charge in [-0.25, -0.2) is 0 Å². The Hall–Kier alpha value is -1.22. The smallest absolute Gasteiger partial charge is 0.225 e. The Labute approximate surface area is 121 Å². The summed E-state index contributed by atoms with van der Waals surface area (Å²) in [6, 6.07) is 6.68. The molecule has 1 aromatic carbocycles. The van der Waals surface area contributed by atoms with Gasteiger partial charge in [0.05, 0.1) is 10.6 Å². The minimum absolute atomic E-state index is 0.155. The summed E-state index contributed by atoms with van der Waals surface area (Å²) < 4.78 is 0. The Kier molecular flexibility index (Phi) is 5.67. The predicted molar refractivity (Wildman–Crippen MR) is 78.2 cm³/mol. The molecule has 4 nitrogen and oxygen atoms in total. The fourth-order valence-electron chi connectivity index (χ4n) is 1.30. The van der Waals surface area contributed by atoms with Crippen LogP contribution in [0.25, 0.3) is 0 Å². The van der Waals surface area contributed by atoms with E-state index in [1.165, 1.54) is 11.8 Å². The van der Waals surface area contributed by atoms with Crippen molar-refractivity contribution >= 4 is 35.0 Å². The summed E-state index contributed by atoms with van der Waals surface area (Å²) in [5.41, 5.74) is 0.930. The third-order valence-corrected chi connectivity index (χ3v) is 3.59. The number of amides is 1. The molecule has 0 aliphatic heterocycles. The summed E-state index contributed by atoms with van der Waals surface area (Å²) in [5, 5.41) is 21.2. The van der Waals surface area contributed by atoms with E-state index in [0.717, 1.165) is 0 Å². The average molecular weight is 299 g/mol. The molecule has 0 aliphatic carbocycles. The summed E-state index contributed by atoms with van der Waals surface area (Å²) in [4.78, 5) is 10.8. The number of halogens is 1. The molecule has 0 atom stereocenters. The second-order valence-corrected chi connectivity index (χ2v) is 6.50. The highest BCUT2D eigenvalue weighted by Gasteiger charge is 2.13. The number of rotatable bonds is 5. The fourth-order valence-corrected chi connectivity index (χ4v) is 2.31. The van der Waals surface area contributed by atoms with E-state index in [1.54, 1.807) is 32.0 Å². The molecule has 0 unspecified atom stereocenters. The first-order valence-corrected chi connectivity index (χ1v) is 7.04. The van der Waals surface area contributed by atoms with Crippen LogP contribution in [0.15, 0.2) is 18.2 Å². The highest BCUT2D eigenvalue weighted by molar-refractivity contribution is 8.00. The van der Waals surface area contributed by atoms with Gasteiger partial charge in [0.1, 0.15) is 11.0 Å². The van der Waals surface area contributed by atoms with Gasteiger partial charge < -0.3 is 10.4 Å². The van der Waals surface area contributed by atoms with Crippen molar-refractivity contribution in [2.45, 2.75) is 25.2 Å². The average Bonchev–Trinajstić information content (AvgIpc) is 2.27. The summed E-state index contributed by atoms with van der Waals surface area (Å²) in [7, 11) is 0. The first-order chi connectivity index (χ1) is 8.81. The van der Waals surface area contributed by atoms with Crippen LogP contribution in [-0.2, 0) is 4.79 Å². The van der Waals surface area contributed by atoms with Crippen molar-refractivity contribution in [3.05, 3.63) is 28.8 Å². The van der Waals surface area contributed by atoms with Crippen molar-refractivity contribution in [1.82, 2.24) is 0 Å². The van der Waals surface area contributed by atoms with Crippen LogP contribution in [0.1, 0.15) is 25.8 Å². The number of benzene rings is 1. The summed E-state index contributed by atoms with van der Waals surface area (Å²) in [6.45, 7) is 3.35. The standard InChI is InChI=1S/C13H15ClN2O2S/c1-13(2,18)19-6-5-12(17)16-10-4-3-9(8-15)11(14)7-10/h3-4,7,18H,5-6H2,1-2H3,(H,16,17). The molecule has 19 heavy (non-hydrogen) atoms. The molecule has 0 fully saturated rings. The number of nitrogens with zero attached hydrogens (tertiary/aromatic N) is 1. The first-order valence-electron chi connectivity index (χ1n) is 5.67. The van der Waals surface area contributed by atoms with E-state index in [0.29, 0.717) is 28.4 Å². The lowest BCUT2D eigenvalue weighted by molar-refractivity contribution is -0.115. The molecule has 0 heterocycles. The van der Waals surface area contributed by atoms with Gasteiger partial charge in [-0.3, -0.25) is 4.79 Å². The second kappa shape index (κ2) is 6.80. The Bertz CT molecular complexity index is 506. The van der Waals surface area contributed by atoms with Crippen LogP contribution in [0.2, 0.25) is 5.02 Å². The zero-order valence-electron chi connectivity index (χ0n) is 10.7. The van der Waals surface area contributed by atoms with Gasteiger partial charge in [0.25, 0.3) is 0 Å². The fraction of sp³-hybridized carbons (Fsp3) is 0.385. The van der Waals surface area contributed by atoms with Gasteiger partial charge >= 0.3 is 0 Å². The van der Waals surface area contributed by atoms with Gasteiger partial charge in [-0.05, 0) is 32.0 Å². The molecule has 0 saturated carbocycles. The number of nitriles is 1. The highest BCUT2D eigenvalue weighted by atomic mass is 35.5. The molecule has 102 valence electrons. The van der Waals surface area contributed by atoms with Crippen LogP contribution in [0, 0.1) is 11.3 Å². The minimum atomic E-state index is -0.835. The van der Waals surface area contributed by atoms with Crippen molar-refractivity contribution in [3.8, 4) is 6.07 Å². The molecular weight excluding hydrogens is 284 g/mol. The molecule has 0 aromatic heterocycles. The Morgan fingerprint density at radius 2 is 2.26 bits per heavy atom. The van der Waals surface area contributed by atoms with Crippen LogP contribution < -0.4 is 5.32 Å². The number of carbonyl (C=O) groups is 1. The largest absolute Gasteiger partial charge is 0.380 e. The van der Waals surface area contributed by atoms with Crippen LogP contribution in [-0.4, -0.2) is 21.7 Å². The van der Waals surface area contributed by atoms with Gasteiger partial charge in [0.15, 0.2) is 0 Å². The predicted octanol–water partition coefficient (Wildman–Crippen LogP) is 3.00. The van der Waals surface area contributed by atoms with Gasteiger partial charge in [0.2, 0.25) is 5.91 Å². The molecule has 0 radical (unpaired) electrons. The monoisotopic (exact) mass is 298 g/mol. The number of anilines is 1. The molecule has 2 N–H and O–H groups in total. The van der Waals surface area contributed by atoms with Gasteiger partial charge in [-0.1, -0.05) is 11.6 Å². The van der Waals surface area contributed by atoms with E-state index >= 15 is 0 Å². The lowest BCUT2D eigenvalue weighted by atomic mass is 10.2. The maximum Gasteiger partial charge on any atom is 0.225 e. The number of nitrogens with one attached hydrogen (secondary N) is 1. The van der Waals surface area contributed by atoms with Crippen molar-refractivity contribution in [1.29, 1.82) is 5.26 Å². The van der Waals surface area contributed by atoms with Gasteiger partial charge in [-0.2, -0.15) is 5.26 Å². The lowest BCUT2D eigenvalue weighted by Gasteiger charge is -2.15. The summed E-state index contributed by atoms with van der Waals surface area (Å²) >= 11 is 7.17. The van der Waals surface area contributed by atoms with Crippen molar-refractivity contribution in [3.63, 3.8) is 0 Å². The van der Waals surface area contributed by atoms with E-state index in [4.69, 9.17) is 16.9 Å². The molecule has 6 heteroatoms. The summed E-state index contributed by atoms with van der Waals surface area (Å²) in [6.07, 6.45) is 0.298. The topological polar surface area (TPSA) is 73.1 Å². The molecule has 0 bridgehead atoms. The number of thioether (sulfide) groups is 1. The minimum Gasteiger partial charge on any atom is -0.380 e. The molecular formula is C13H15ClN2O2S. The van der Waals surface area contributed by atoms with E-state index in [1.807, 2.05) is 6.07 Å². The number of carbonyl (C=O) groups excluding carboxylic acids is 1. The molecule has 0 aliphatic rings. The van der Waals surface area contributed by atoms with E-state index in [-0.39, 0.29) is 5.91 Å². The quantitative estimate of drug-likeness (QED) is 0.820. The molecule has 0 spiro atoms. The van der Waals surface area contributed by atoms with E-state index in [9.17, 15) is 9.90 Å². The van der Waals surface area contributed by atoms with Gasteiger partial charge in [-0.15, -0.1) is 11.8 Å². The number of hydrogen-bond acceptors (Lipinski definition) is 4. The Morgan fingerprint density at radius 3 is 2.79 bits per heavy atom. The van der Waals surface area contributed by atoms with Crippen LogP contribution in [0.4, 0.5) is 5.69 Å². The maximum atomic E-state index is 11.6. The van der Waals surface area contributed by atoms with Gasteiger partial charge in [0, 0.05) is 17.9 Å². The Balaban J connectivity index is 2.49. The number of aliphatic hydroxyl groups is 1. The molecule has 0 saturated heterocycles. The maximum absolute atomic E-state index is 11.6. The van der Waals surface area contributed by atoms with Crippen molar-refractivity contribution < 1.29 is 9.90 Å². The SMILES string of the molecule is CC(C)(O)SCCC(=O)Nc1ccc(C#N)c(Cl)c1. The Morgan fingerprint density at radius 1 is 1.58 bits per heavy atom. The molecule has 1 aromatic rings. The molecule has 1 rings (SSSR count). The normalized spacial score (nSPS) is 10.9. The van der Waals surface area contributed by atoms with Crippen LogP contribution in [0.5, 0.6) is 0 Å². The third kappa shape index (κ3) is 5.97. The zero-order valence-corrected chi connectivity index (χ0v) is 12.3. The van der Waals surface area contributed by atoms with Crippen molar-refractivity contribution in [2.75, 3.05) is 11.1 Å². The first kappa shape index (κ1) is 15.8. The van der Waals surface area contributed by atoms with E-state index in [2.05, 4.69) is 5.32 Å². The van der Waals surface area contributed by atoms with Crippen LogP contribution in [0.3, 0.4) is 0 Å². The zero-order chi connectivity index (χ0) is 14.5. The summed E-state index contributed by atoms with van der Waals surface area (Å²) in [5.74, 6) is 0.372. The molecule has 1 amide bonds. The lowest BCUT2D eigenvalue weighted by Crippen LogP contribution is -2.17.